The molecule has 0 saturated carbocycles. The van der Waals surface area contributed by atoms with Crippen LogP contribution in [0.5, 0.6) is 5.75 Å². The van der Waals surface area contributed by atoms with Crippen LogP contribution in [0.1, 0.15) is 36.8 Å². The predicted molar refractivity (Wildman–Crippen MR) is 66.0 cm³/mol. The molecule has 1 aromatic carbocycles. The van der Waals surface area contributed by atoms with Gasteiger partial charge in [0, 0.05) is 6.42 Å². The van der Waals surface area contributed by atoms with Crippen molar-refractivity contribution in [2.75, 3.05) is 7.11 Å². The molecule has 1 atom stereocenters. The van der Waals surface area contributed by atoms with Gasteiger partial charge in [-0.3, -0.25) is 4.79 Å². The van der Waals surface area contributed by atoms with Crippen molar-refractivity contribution >= 4 is 5.78 Å². The summed E-state index contributed by atoms with van der Waals surface area (Å²) < 4.78 is 5.15. The van der Waals surface area contributed by atoms with Crippen LogP contribution in [0.3, 0.4) is 0 Å². The molecule has 0 bridgehead atoms. The van der Waals surface area contributed by atoms with E-state index in [9.17, 15) is 4.79 Å². The number of methoxy groups -OCH3 is 1. The summed E-state index contributed by atoms with van der Waals surface area (Å²) in [5.74, 6) is 0.104. The van der Waals surface area contributed by atoms with Gasteiger partial charge in [0.15, 0.2) is 5.78 Å². The highest BCUT2D eigenvalue weighted by atomic mass is 16.5. The van der Waals surface area contributed by atoms with E-state index in [0.29, 0.717) is 6.42 Å². The summed E-state index contributed by atoms with van der Waals surface area (Å²) in [5, 5.41) is 9.09. The Hall–Kier alpha value is -1.82. The Labute approximate surface area is 102 Å². The molecule has 17 heavy (non-hydrogen) atoms. The molecule has 0 fully saturated rings. The number of hydrogen-bond acceptors (Lipinski definition) is 3. The zero-order valence-corrected chi connectivity index (χ0v) is 10.5. The largest absolute Gasteiger partial charge is 0.496 e. The van der Waals surface area contributed by atoms with Crippen molar-refractivity contribution in [3.63, 3.8) is 0 Å². The van der Waals surface area contributed by atoms with E-state index in [0.717, 1.165) is 23.3 Å². The lowest BCUT2D eigenvalue weighted by molar-refractivity contribution is -0.119. The van der Waals surface area contributed by atoms with E-state index in [4.69, 9.17) is 10.00 Å². The third-order valence-corrected chi connectivity index (χ3v) is 2.70. The van der Waals surface area contributed by atoms with Gasteiger partial charge in [-0.2, -0.15) is 5.26 Å². The number of nitriles is 1. The molecule has 1 unspecified atom stereocenters. The number of carbonyl (C=O) groups is 1. The molecule has 0 radical (unpaired) electrons. The van der Waals surface area contributed by atoms with Crippen LogP contribution in [0, 0.1) is 18.3 Å². The monoisotopic (exact) mass is 231 g/mol. The van der Waals surface area contributed by atoms with Gasteiger partial charge < -0.3 is 4.74 Å². The summed E-state index contributed by atoms with van der Waals surface area (Å²) in [6.45, 7) is 3.84. The maximum Gasteiger partial charge on any atom is 0.154 e. The summed E-state index contributed by atoms with van der Waals surface area (Å²) in [6, 6.07) is 7.51. The number of ether oxygens (including phenoxy) is 1. The van der Waals surface area contributed by atoms with Crippen LogP contribution in [0.2, 0.25) is 0 Å². The SMILES string of the molecule is CCCC(=O)C(C#N)c1ccc(OC)c(C)c1. The summed E-state index contributed by atoms with van der Waals surface area (Å²) in [6.07, 6.45) is 1.22. The molecule has 0 heterocycles. The van der Waals surface area contributed by atoms with Crippen molar-refractivity contribution in [2.24, 2.45) is 0 Å². The molecule has 0 aliphatic rings. The number of aryl methyl sites for hydroxylation is 1. The first-order valence-corrected chi connectivity index (χ1v) is 5.70. The van der Waals surface area contributed by atoms with Gasteiger partial charge >= 0.3 is 0 Å². The van der Waals surface area contributed by atoms with E-state index >= 15 is 0 Å². The number of carbonyl (C=O) groups excluding carboxylic acids is 1. The summed E-state index contributed by atoms with van der Waals surface area (Å²) in [5.41, 5.74) is 1.69. The van der Waals surface area contributed by atoms with E-state index in [2.05, 4.69) is 6.07 Å². The number of Topliss-reactive ketones (excluding diaryl/α,β-unsaturated/α-hetero) is 1. The third-order valence-electron chi connectivity index (χ3n) is 2.70. The first kappa shape index (κ1) is 13.2. The molecule has 0 aliphatic heterocycles. The Morgan fingerprint density at radius 2 is 2.24 bits per heavy atom. The Kier molecular flexibility index (Phi) is 4.71. The zero-order valence-electron chi connectivity index (χ0n) is 10.5. The van der Waals surface area contributed by atoms with Crippen LogP contribution < -0.4 is 4.74 Å². The molecule has 0 aliphatic carbocycles. The molecule has 0 N–H and O–H groups in total. The Morgan fingerprint density at radius 1 is 1.53 bits per heavy atom. The summed E-state index contributed by atoms with van der Waals surface area (Å²) in [7, 11) is 1.60. The highest BCUT2D eigenvalue weighted by Crippen LogP contribution is 2.24. The topological polar surface area (TPSA) is 50.1 Å². The molecule has 3 heteroatoms. The second kappa shape index (κ2) is 6.05. The summed E-state index contributed by atoms with van der Waals surface area (Å²) in [4.78, 5) is 11.8. The van der Waals surface area contributed by atoms with Gasteiger partial charge in [-0.1, -0.05) is 19.1 Å². The van der Waals surface area contributed by atoms with E-state index in [1.807, 2.05) is 19.9 Å². The van der Waals surface area contributed by atoms with E-state index in [1.54, 1.807) is 19.2 Å². The molecule has 1 aromatic rings. The van der Waals surface area contributed by atoms with Crippen molar-refractivity contribution in [3.8, 4) is 11.8 Å². The average Bonchev–Trinajstić information content (AvgIpc) is 2.30. The molecule has 0 saturated heterocycles. The van der Waals surface area contributed by atoms with Gasteiger partial charge in [-0.25, -0.2) is 0 Å². The third kappa shape index (κ3) is 3.07. The van der Waals surface area contributed by atoms with Crippen LogP contribution in [-0.4, -0.2) is 12.9 Å². The van der Waals surface area contributed by atoms with Gasteiger partial charge in [0.05, 0.1) is 13.2 Å². The molecule has 1 rings (SSSR count). The van der Waals surface area contributed by atoms with Crippen molar-refractivity contribution in [1.29, 1.82) is 5.26 Å². The van der Waals surface area contributed by atoms with Crippen molar-refractivity contribution in [1.82, 2.24) is 0 Å². The highest BCUT2D eigenvalue weighted by Gasteiger charge is 2.19. The number of hydrogen-bond donors (Lipinski definition) is 0. The molecular formula is C14H17NO2. The maximum absolute atomic E-state index is 11.8. The lowest BCUT2D eigenvalue weighted by Gasteiger charge is -2.11. The Bertz CT molecular complexity index is 446. The number of ketones is 1. The van der Waals surface area contributed by atoms with Gasteiger partial charge in [0.25, 0.3) is 0 Å². The number of rotatable bonds is 5. The normalized spacial score (nSPS) is 11.6. The molecule has 3 nitrogen and oxygen atoms in total. The fourth-order valence-corrected chi connectivity index (χ4v) is 1.80. The molecule has 90 valence electrons. The minimum atomic E-state index is -0.653. The first-order valence-electron chi connectivity index (χ1n) is 5.70. The molecule has 0 spiro atoms. The molecule has 0 amide bonds. The maximum atomic E-state index is 11.8. The van der Waals surface area contributed by atoms with Gasteiger partial charge in [0.2, 0.25) is 0 Å². The van der Waals surface area contributed by atoms with Crippen LogP contribution in [-0.2, 0) is 4.79 Å². The average molecular weight is 231 g/mol. The fourth-order valence-electron chi connectivity index (χ4n) is 1.80. The standard InChI is InChI=1S/C14H17NO2/c1-4-5-13(16)12(9-15)11-6-7-14(17-3)10(2)8-11/h6-8,12H,4-5H2,1-3H3. The van der Waals surface area contributed by atoms with E-state index in [1.165, 1.54) is 0 Å². The number of nitrogens with zero attached hydrogens (tertiary/aromatic N) is 1. The van der Waals surface area contributed by atoms with Gasteiger partial charge in [-0.05, 0) is 30.5 Å². The van der Waals surface area contributed by atoms with Crippen LogP contribution in [0.25, 0.3) is 0 Å². The predicted octanol–water partition coefficient (Wildman–Crippen LogP) is 2.98. The quantitative estimate of drug-likeness (QED) is 0.782. The van der Waals surface area contributed by atoms with Crippen molar-refractivity contribution < 1.29 is 9.53 Å². The minimum Gasteiger partial charge on any atom is -0.496 e. The van der Waals surface area contributed by atoms with Crippen LogP contribution in [0.4, 0.5) is 0 Å². The lowest BCUT2D eigenvalue weighted by Crippen LogP contribution is -2.10. The number of benzene rings is 1. The second-order valence-corrected chi connectivity index (χ2v) is 4.01. The van der Waals surface area contributed by atoms with Crippen LogP contribution in [0.15, 0.2) is 18.2 Å². The van der Waals surface area contributed by atoms with Crippen molar-refractivity contribution in [2.45, 2.75) is 32.6 Å². The lowest BCUT2D eigenvalue weighted by atomic mass is 9.92. The zero-order chi connectivity index (χ0) is 12.8. The Balaban J connectivity index is 3.02. The van der Waals surface area contributed by atoms with Gasteiger partial charge in [-0.15, -0.1) is 0 Å². The van der Waals surface area contributed by atoms with E-state index in [-0.39, 0.29) is 5.78 Å². The molecule has 0 aromatic heterocycles. The summed E-state index contributed by atoms with van der Waals surface area (Å²) >= 11 is 0. The second-order valence-electron chi connectivity index (χ2n) is 4.01. The van der Waals surface area contributed by atoms with E-state index < -0.39 is 5.92 Å². The first-order chi connectivity index (χ1) is 8.13. The van der Waals surface area contributed by atoms with Crippen molar-refractivity contribution in [3.05, 3.63) is 29.3 Å². The molecular weight excluding hydrogens is 214 g/mol. The Morgan fingerprint density at radius 3 is 2.71 bits per heavy atom. The highest BCUT2D eigenvalue weighted by molar-refractivity contribution is 5.88. The van der Waals surface area contributed by atoms with Crippen LogP contribution >= 0.6 is 0 Å². The minimum absolute atomic E-state index is 0.0143. The smallest absolute Gasteiger partial charge is 0.154 e. The fraction of sp³-hybridized carbons (Fsp3) is 0.429. The van der Waals surface area contributed by atoms with Gasteiger partial charge in [0.1, 0.15) is 11.7 Å².